The molecular formula is C22H20ClNO6S. The number of nitrogens with zero attached hydrogens (tertiary/aromatic N) is 1. The van der Waals surface area contributed by atoms with Gasteiger partial charge in [0.1, 0.15) is 17.2 Å². The van der Waals surface area contributed by atoms with Gasteiger partial charge in [-0.15, -0.1) is 0 Å². The molecule has 0 saturated carbocycles. The molecule has 7 nitrogen and oxygen atoms in total. The highest BCUT2D eigenvalue weighted by Gasteiger charge is 2.31. The van der Waals surface area contributed by atoms with E-state index in [1.165, 1.54) is 50.6 Å². The minimum atomic E-state index is -4.23. The lowest BCUT2D eigenvalue weighted by Gasteiger charge is -2.23. The number of benzene rings is 3. The number of carbonyl (C=O) groups is 1. The van der Waals surface area contributed by atoms with Crippen molar-refractivity contribution in [2.75, 3.05) is 25.1 Å². The molecule has 0 fully saturated rings. The number of rotatable bonds is 8. The van der Waals surface area contributed by atoms with Gasteiger partial charge in [0.05, 0.1) is 24.8 Å². The predicted molar refractivity (Wildman–Crippen MR) is 118 cm³/mol. The molecular weight excluding hydrogens is 442 g/mol. The summed E-state index contributed by atoms with van der Waals surface area (Å²) in [6.07, 6.45) is 0. The van der Waals surface area contributed by atoms with Gasteiger partial charge in [0.25, 0.3) is 15.9 Å². The standard InChI is InChI=1S/C22H20ClNO6S/c1-28-18-10-8-17(9-11-18)24(31(26,27)21-12-6-16(23)7-13-21)22(25)15-30-20-5-3-4-19(14-20)29-2/h3-14H,15H2,1-2H3. The van der Waals surface area contributed by atoms with Crippen LogP contribution in [0.25, 0.3) is 0 Å². The van der Waals surface area contributed by atoms with Crippen molar-refractivity contribution in [1.82, 2.24) is 0 Å². The van der Waals surface area contributed by atoms with Gasteiger partial charge in [-0.3, -0.25) is 4.79 Å². The van der Waals surface area contributed by atoms with Crippen LogP contribution < -0.4 is 18.5 Å². The summed E-state index contributed by atoms with van der Waals surface area (Å²) >= 11 is 5.88. The number of methoxy groups -OCH3 is 2. The molecule has 3 aromatic carbocycles. The molecule has 3 rings (SSSR count). The van der Waals surface area contributed by atoms with E-state index in [1.807, 2.05) is 0 Å². The fraction of sp³-hybridized carbons (Fsp3) is 0.136. The first-order valence-corrected chi connectivity index (χ1v) is 10.9. The molecule has 0 aliphatic carbocycles. The number of hydrogen-bond acceptors (Lipinski definition) is 6. The van der Waals surface area contributed by atoms with Crippen LogP contribution >= 0.6 is 11.6 Å². The van der Waals surface area contributed by atoms with Crippen molar-refractivity contribution in [3.63, 3.8) is 0 Å². The molecule has 0 aliphatic rings. The van der Waals surface area contributed by atoms with E-state index in [-0.39, 0.29) is 10.6 Å². The highest BCUT2D eigenvalue weighted by atomic mass is 35.5. The zero-order chi connectivity index (χ0) is 22.4. The maximum Gasteiger partial charge on any atom is 0.278 e. The summed E-state index contributed by atoms with van der Waals surface area (Å²) in [5, 5.41) is 0.377. The Hall–Kier alpha value is -3.23. The Bertz CT molecular complexity index is 1150. The summed E-state index contributed by atoms with van der Waals surface area (Å²) in [6, 6.07) is 18.3. The van der Waals surface area contributed by atoms with Gasteiger partial charge < -0.3 is 14.2 Å². The summed E-state index contributed by atoms with van der Waals surface area (Å²) in [4.78, 5) is 13.0. The second-order valence-corrected chi connectivity index (χ2v) is 8.51. The van der Waals surface area contributed by atoms with Crippen LogP contribution in [0.3, 0.4) is 0 Å². The van der Waals surface area contributed by atoms with E-state index in [4.69, 9.17) is 25.8 Å². The monoisotopic (exact) mass is 461 g/mol. The smallest absolute Gasteiger partial charge is 0.278 e. The van der Waals surface area contributed by atoms with Gasteiger partial charge >= 0.3 is 0 Å². The topological polar surface area (TPSA) is 82.1 Å². The van der Waals surface area contributed by atoms with Crippen LogP contribution in [-0.4, -0.2) is 35.2 Å². The molecule has 1 amide bonds. The Morgan fingerprint density at radius 3 is 2.10 bits per heavy atom. The predicted octanol–water partition coefficient (Wildman–Crippen LogP) is 4.16. The van der Waals surface area contributed by atoms with E-state index >= 15 is 0 Å². The number of anilines is 1. The molecule has 0 aliphatic heterocycles. The fourth-order valence-electron chi connectivity index (χ4n) is 2.74. The van der Waals surface area contributed by atoms with Crippen LogP contribution in [0.5, 0.6) is 17.2 Å². The number of hydrogen-bond donors (Lipinski definition) is 0. The zero-order valence-electron chi connectivity index (χ0n) is 16.8. The summed E-state index contributed by atoms with van der Waals surface area (Å²) in [6.45, 7) is -0.508. The molecule has 0 aromatic heterocycles. The van der Waals surface area contributed by atoms with Crippen molar-refractivity contribution in [3.8, 4) is 17.2 Å². The van der Waals surface area contributed by atoms with Gasteiger partial charge in [-0.05, 0) is 60.7 Å². The van der Waals surface area contributed by atoms with E-state index in [2.05, 4.69) is 0 Å². The molecule has 0 saturated heterocycles. The van der Waals surface area contributed by atoms with Crippen molar-refractivity contribution < 1.29 is 27.4 Å². The van der Waals surface area contributed by atoms with Crippen molar-refractivity contribution in [2.24, 2.45) is 0 Å². The minimum absolute atomic E-state index is 0.0811. The Morgan fingerprint density at radius 2 is 1.48 bits per heavy atom. The molecule has 9 heteroatoms. The highest BCUT2D eigenvalue weighted by Crippen LogP contribution is 2.27. The van der Waals surface area contributed by atoms with Crippen LogP contribution in [-0.2, 0) is 14.8 Å². The van der Waals surface area contributed by atoms with Gasteiger partial charge in [0.2, 0.25) is 0 Å². The number of sulfonamides is 1. The van der Waals surface area contributed by atoms with Crippen molar-refractivity contribution in [3.05, 3.63) is 77.8 Å². The second-order valence-electron chi connectivity index (χ2n) is 6.28. The van der Waals surface area contributed by atoms with Crippen LogP contribution in [0.1, 0.15) is 0 Å². The summed E-state index contributed by atoms with van der Waals surface area (Å²) in [7, 11) is -1.23. The summed E-state index contributed by atoms with van der Waals surface area (Å²) < 4.78 is 43.1. The lowest BCUT2D eigenvalue weighted by molar-refractivity contribution is -0.119. The molecule has 3 aromatic rings. The van der Waals surface area contributed by atoms with Gasteiger partial charge in [-0.2, -0.15) is 4.31 Å². The van der Waals surface area contributed by atoms with E-state index in [0.717, 1.165) is 0 Å². The summed E-state index contributed by atoms with van der Waals surface area (Å²) in [5.41, 5.74) is 0.148. The van der Waals surface area contributed by atoms with Crippen LogP contribution in [0.4, 0.5) is 5.69 Å². The van der Waals surface area contributed by atoms with E-state index < -0.39 is 22.5 Å². The van der Waals surface area contributed by atoms with E-state index in [1.54, 1.807) is 36.4 Å². The second kappa shape index (κ2) is 9.72. The maximum atomic E-state index is 13.3. The van der Waals surface area contributed by atoms with E-state index in [0.29, 0.717) is 26.6 Å². The first kappa shape index (κ1) is 22.5. The zero-order valence-corrected chi connectivity index (χ0v) is 18.4. The van der Waals surface area contributed by atoms with E-state index in [9.17, 15) is 13.2 Å². The summed E-state index contributed by atoms with van der Waals surface area (Å²) in [5.74, 6) is 0.660. The normalized spacial score (nSPS) is 10.9. The first-order chi connectivity index (χ1) is 14.8. The minimum Gasteiger partial charge on any atom is -0.497 e. The Labute approximate surface area is 185 Å². The first-order valence-electron chi connectivity index (χ1n) is 9.10. The van der Waals surface area contributed by atoms with Crippen LogP contribution in [0.15, 0.2) is 77.7 Å². The SMILES string of the molecule is COc1ccc(N(C(=O)COc2cccc(OC)c2)S(=O)(=O)c2ccc(Cl)cc2)cc1. The molecule has 31 heavy (non-hydrogen) atoms. The fourth-order valence-corrected chi connectivity index (χ4v) is 4.28. The lowest BCUT2D eigenvalue weighted by Crippen LogP contribution is -2.40. The molecule has 0 unspecified atom stereocenters. The van der Waals surface area contributed by atoms with Crippen molar-refractivity contribution in [1.29, 1.82) is 0 Å². The van der Waals surface area contributed by atoms with Crippen molar-refractivity contribution >= 4 is 33.2 Å². The van der Waals surface area contributed by atoms with Crippen LogP contribution in [0, 0.1) is 0 Å². The van der Waals surface area contributed by atoms with Crippen molar-refractivity contribution in [2.45, 2.75) is 4.90 Å². The number of amides is 1. The number of halogens is 1. The largest absolute Gasteiger partial charge is 0.497 e. The number of carbonyl (C=O) groups excluding carboxylic acids is 1. The molecule has 0 radical (unpaired) electrons. The van der Waals surface area contributed by atoms with Gasteiger partial charge in [-0.1, -0.05) is 17.7 Å². The Kier molecular flexibility index (Phi) is 7.04. The van der Waals surface area contributed by atoms with Crippen LogP contribution in [0.2, 0.25) is 5.02 Å². The van der Waals surface area contributed by atoms with Gasteiger partial charge in [-0.25, -0.2) is 8.42 Å². The molecule has 0 heterocycles. The quantitative estimate of drug-likeness (QED) is 0.501. The number of ether oxygens (including phenoxy) is 3. The lowest BCUT2D eigenvalue weighted by atomic mass is 10.3. The van der Waals surface area contributed by atoms with Gasteiger partial charge in [0.15, 0.2) is 6.61 Å². The third-order valence-corrected chi connectivity index (χ3v) is 6.30. The molecule has 0 atom stereocenters. The molecule has 0 spiro atoms. The molecule has 0 N–H and O–H groups in total. The van der Waals surface area contributed by atoms with Gasteiger partial charge in [0, 0.05) is 11.1 Å². The Balaban J connectivity index is 1.94. The molecule has 162 valence electrons. The average Bonchev–Trinajstić information content (AvgIpc) is 2.78. The third-order valence-electron chi connectivity index (χ3n) is 4.29. The molecule has 0 bridgehead atoms. The third kappa shape index (κ3) is 5.28. The highest BCUT2D eigenvalue weighted by molar-refractivity contribution is 7.93. The maximum absolute atomic E-state index is 13.3. The Morgan fingerprint density at radius 1 is 0.871 bits per heavy atom. The average molecular weight is 462 g/mol.